The van der Waals surface area contributed by atoms with Crippen molar-refractivity contribution in [2.24, 2.45) is 4.99 Å². The van der Waals surface area contributed by atoms with E-state index in [9.17, 15) is 8.42 Å². The molecule has 1 saturated heterocycles. The highest BCUT2D eigenvalue weighted by Crippen LogP contribution is 2.11. The highest BCUT2D eigenvalue weighted by molar-refractivity contribution is 7.91. The van der Waals surface area contributed by atoms with E-state index >= 15 is 0 Å². The Labute approximate surface area is 159 Å². The Kier molecular flexibility index (Phi) is 6.23. The number of aliphatic imine (C=N–C) groups is 1. The molecule has 1 aliphatic rings. The highest BCUT2D eigenvalue weighted by atomic mass is 32.2. The second kappa shape index (κ2) is 8.81. The molecule has 9 heteroatoms. The van der Waals surface area contributed by atoms with E-state index in [-0.39, 0.29) is 5.75 Å². The lowest BCUT2D eigenvalue weighted by Crippen LogP contribution is -2.53. The average molecular weight is 388 g/mol. The van der Waals surface area contributed by atoms with Gasteiger partial charge < -0.3 is 15.1 Å². The summed E-state index contributed by atoms with van der Waals surface area (Å²) in [6.45, 7) is 3.42. The van der Waals surface area contributed by atoms with Crippen LogP contribution in [0.3, 0.4) is 0 Å². The van der Waals surface area contributed by atoms with Crippen LogP contribution in [0.4, 0.5) is 5.95 Å². The third-order valence-corrected chi connectivity index (χ3v) is 6.11. The first-order chi connectivity index (χ1) is 13.1. The number of aromatic nitrogens is 2. The molecule has 8 nitrogen and oxygen atoms in total. The van der Waals surface area contributed by atoms with Crippen LogP contribution in [0.15, 0.2) is 58.7 Å². The second-order valence-corrected chi connectivity index (χ2v) is 8.24. The maximum atomic E-state index is 12.4. The van der Waals surface area contributed by atoms with Crippen molar-refractivity contribution in [2.75, 3.05) is 50.4 Å². The molecule has 0 atom stereocenters. The molecule has 0 aliphatic carbocycles. The van der Waals surface area contributed by atoms with Gasteiger partial charge in [0.25, 0.3) is 0 Å². The van der Waals surface area contributed by atoms with E-state index in [0.717, 1.165) is 32.1 Å². The minimum Gasteiger partial charge on any atom is -0.355 e. The second-order valence-electron chi connectivity index (χ2n) is 6.13. The first-order valence-electron chi connectivity index (χ1n) is 8.85. The Balaban J connectivity index is 1.50. The van der Waals surface area contributed by atoms with Crippen molar-refractivity contribution in [1.29, 1.82) is 0 Å². The first kappa shape index (κ1) is 19.1. The number of guanidine groups is 1. The van der Waals surface area contributed by atoms with Crippen LogP contribution in [0.2, 0.25) is 0 Å². The summed E-state index contributed by atoms with van der Waals surface area (Å²) in [7, 11) is -1.59. The van der Waals surface area contributed by atoms with Crippen LogP contribution < -0.4 is 10.2 Å². The SMILES string of the molecule is CN=C(NCCS(=O)(=O)c1ccccc1)N1CCN(c2ncccn2)CC1. The predicted molar refractivity (Wildman–Crippen MR) is 106 cm³/mol. The normalized spacial score (nSPS) is 15.7. The van der Waals surface area contributed by atoms with Gasteiger partial charge >= 0.3 is 0 Å². The van der Waals surface area contributed by atoms with E-state index in [0.29, 0.717) is 17.4 Å². The number of sulfone groups is 1. The van der Waals surface area contributed by atoms with Crippen molar-refractivity contribution in [3.63, 3.8) is 0 Å². The largest absolute Gasteiger partial charge is 0.355 e. The van der Waals surface area contributed by atoms with Gasteiger partial charge in [0.1, 0.15) is 0 Å². The summed E-state index contributed by atoms with van der Waals surface area (Å²) in [5, 5.41) is 3.17. The van der Waals surface area contributed by atoms with Crippen molar-refractivity contribution < 1.29 is 8.42 Å². The maximum absolute atomic E-state index is 12.4. The van der Waals surface area contributed by atoms with Gasteiger partial charge in [0.15, 0.2) is 15.8 Å². The molecule has 1 aromatic heterocycles. The van der Waals surface area contributed by atoms with Gasteiger partial charge in [0, 0.05) is 52.2 Å². The number of piperazine rings is 1. The molecule has 1 N–H and O–H groups in total. The van der Waals surface area contributed by atoms with Crippen LogP contribution in [0.1, 0.15) is 0 Å². The van der Waals surface area contributed by atoms with E-state index in [2.05, 4.69) is 30.1 Å². The van der Waals surface area contributed by atoms with Gasteiger partial charge in [0.05, 0.1) is 10.6 Å². The molecular weight excluding hydrogens is 364 g/mol. The van der Waals surface area contributed by atoms with Gasteiger partial charge in [-0.25, -0.2) is 18.4 Å². The molecule has 2 heterocycles. The van der Waals surface area contributed by atoms with Gasteiger partial charge in [-0.2, -0.15) is 0 Å². The van der Waals surface area contributed by atoms with Gasteiger partial charge in [0.2, 0.25) is 5.95 Å². The zero-order valence-electron chi connectivity index (χ0n) is 15.3. The molecule has 1 aromatic carbocycles. The van der Waals surface area contributed by atoms with E-state index in [4.69, 9.17) is 0 Å². The van der Waals surface area contributed by atoms with Crippen LogP contribution in [-0.2, 0) is 9.84 Å². The van der Waals surface area contributed by atoms with Crippen LogP contribution in [-0.4, -0.2) is 74.8 Å². The van der Waals surface area contributed by atoms with Gasteiger partial charge in [-0.15, -0.1) is 0 Å². The third-order valence-electron chi connectivity index (χ3n) is 4.38. The fraction of sp³-hybridized carbons (Fsp3) is 0.389. The van der Waals surface area contributed by atoms with E-state index in [1.807, 2.05) is 0 Å². The van der Waals surface area contributed by atoms with Crippen molar-refractivity contribution in [1.82, 2.24) is 20.2 Å². The lowest BCUT2D eigenvalue weighted by molar-refractivity contribution is 0.371. The van der Waals surface area contributed by atoms with Crippen LogP contribution in [0.5, 0.6) is 0 Å². The summed E-state index contributed by atoms with van der Waals surface area (Å²) in [5.74, 6) is 1.47. The number of rotatable bonds is 5. The highest BCUT2D eigenvalue weighted by Gasteiger charge is 2.21. The maximum Gasteiger partial charge on any atom is 0.225 e. The Bertz CT molecular complexity index is 850. The van der Waals surface area contributed by atoms with Crippen molar-refractivity contribution in [3.8, 4) is 0 Å². The fourth-order valence-corrected chi connectivity index (χ4v) is 4.13. The molecule has 0 amide bonds. The van der Waals surface area contributed by atoms with Gasteiger partial charge in [-0.1, -0.05) is 18.2 Å². The van der Waals surface area contributed by atoms with Gasteiger partial charge in [-0.3, -0.25) is 4.99 Å². The summed E-state index contributed by atoms with van der Waals surface area (Å²) >= 11 is 0. The standard InChI is InChI=1S/C18H24N6O2S/c1-19-17(22-10-15-27(25,26)16-6-3-2-4-7-16)23-11-13-24(14-12-23)18-20-8-5-9-21-18/h2-9H,10-15H2,1H3,(H,19,22). The minimum atomic E-state index is -3.30. The summed E-state index contributed by atoms with van der Waals surface area (Å²) in [6, 6.07) is 10.3. The summed E-state index contributed by atoms with van der Waals surface area (Å²) in [6.07, 6.45) is 3.48. The van der Waals surface area contributed by atoms with E-state index in [1.165, 1.54) is 0 Å². The molecule has 144 valence electrons. The molecule has 0 saturated carbocycles. The molecule has 0 unspecified atom stereocenters. The molecule has 3 rings (SSSR count). The lowest BCUT2D eigenvalue weighted by atomic mass is 10.3. The molecular formula is C18H24N6O2S. The summed E-state index contributed by atoms with van der Waals surface area (Å²) < 4.78 is 24.7. The Morgan fingerprint density at radius 2 is 1.74 bits per heavy atom. The molecule has 1 aliphatic heterocycles. The van der Waals surface area contributed by atoms with Crippen molar-refractivity contribution in [2.45, 2.75) is 4.90 Å². The number of nitrogens with one attached hydrogen (secondary N) is 1. The van der Waals surface area contributed by atoms with Crippen molar-refractivity contribution >= 4 is 21.7 Å². The number of hydrogen-bond donors (Lipinski definition) is 1. The zero-order valence-corrected chi connectivity index (χ0v) is 16.1. The first-order valence-corrected chi connectivity index (χ1v) is 10.5. The third kappa shape index (κ3) is 4.94. The number of anilines is 1. The molecule has 0 spiro atoms. The average Bonchev–Trinajstić information content (AvgIpc) is 2.73. The van der Waals surface area contributed by atoms with E-state index in [1.54, 1.807) is 55.8 Å². The lowest BCUT2D eigenvalue weighted by Gasteiger charge is -2.36. The van der Waals surface area contributed by atoms with Crippen LogP contribution >= 0.6 is 0 Å². The Hall–Kier alpha value is -2.68. The molecule has 0 radical (unpaired) electrons. The van der Waals surface area contributed by atoms with Crippen LogP contribution in [0.25, 0.3) is 0 Å². The topological polar surface area (TPSA) is 90.8 Å². The number of hydrogen-bond acceptors (Lipinski definition) is 6. The Morgan fingerprint density at radius 3 is 2.37 bits per heavy atom. The van der Waals surface area contributed by atoms with Crippen LogP contribution in [0, 0.1) is 0 Å². The Morgan fingerprint density at radius 1 is 1.07 bits per heavy atom. The quantitative estimate of drug-likeness (QED) is 0.594. The molecule has 1 fully saturated rings. The zero-order chi connectivity index (χ0) is 19.1. The monoisotopic (exact) mass is 388 g/mol. The van der Waals surface area contributed by atoms with Gasteiger partial charge in [-0.05, 0) is 18.2 Å². The summed E-state index contributed by atoms with van der Waals surface area (Å²) in [4.78, 5) is 17.4. The summed E-state index contributed by atoms with van der Waals surface area (Å²) in [5.41, 5.74) is 0. The predicted octanol–water partition coefficient (Wildman–Crippen LogP) is 0.648. The van der Waals surface area contributed by atoms with Crippen molar-refractivity contribution in [3.05, 3.63) is 48.8 Å². The number of nitrogens with zero attached hydrogens (tertiary/aromatic N) is 5. The van der Waals surface area contributed by atoms with E-state index < -0.39 is 9.84 Å². The minimum absolute atomic E-state index is 0.0217. The number of benzene rings is 1. The molecule has 27 heavy (non-hydrogen) atoms. The smallest absolute Gasteiger partial charge is 0.225 e. The molecule has 0 bridgehead atoms. The fourth-order valence-electron chi connectivity index (χ4n) is 2.95. The molecule has 2 aromatic rings.